The second-order valence-electron chi connectivity index (χ2n) is 8.81. The lowest BCUT2D eigenvalue weighted by Crippen LogP contribution is -2.46. The number of hydrogen-bond acceptors (Lipinski definition) is 2. The molecule has 2 aromatic carbocycles. The van der Waals surface area contributed by atoms with Gasteiger partial charge in [0.2, 0.25) is 0 Å². The van der Waals surface area contributed by atoms with Gasteiger partial charge in [-0.1, -0.05) is 61.9 Å². The molecule has 0 spiro atoms. The van der Waals surface area contributed by atoms with Crippen LogP contribution in [0.3, 0.4) is 0 Å². The third-order valence-electron chi connectivity index (χ3n) is 7.20. The lowest BCUT2D eigenvalue weighted by Gasteiger charge is -2.46. The fourth-order valence-corrected chi connectivity index (χ4v) is 5.60. The number of ether oxygens (including phenoxy) is 1. The molecule has 2 aliphatic rings. The maximum atomic E-state index is 6.05. The van der Waals surface area contributed by atoms with E-state index in [9.17, 15) is 0 Å². The van der Waals surface area contributed by atoms with E-state index in [0.717, 1.165) is 25.0 Å². The Hall–Kier alpha value is -2.10. The van der Waals surface area contributed by atoms with Crippen LogP contribution in [0.25, 0.3) is 10.9 Å². The Bertz CT molecular complexity index is 948. The molecule has 3 nitrogen and oxygen atoms in total. The molecule has 1 fully saturated rings. The molecule has 5 rings (SSSR count). The third kappa shape index (κ3) is 3.74. The molecule has 0 bridgehead atoms. The molecular weight excluding hydrogens is 356 g/mol. The van der Waals surface area contributed by atoms with E-state index in [1.54, 1.807) is 5.56 Å². The fraction of sp³-hybridized carbons (Fsp3) is 0.462. The van der Waals surface area contributed by atoms with Gasteiger partial charge in [0.15, 0.2) is 0 Å². The topological polar surface area (TPSA) is 28.3 Å². The summed E-state index contributed by atoms with van der Waals surface area (Å²) < 4.78 is 6.05. The maximum Gasteiger partial charge on any atom is 0.0716 e. The highest BCUT2D eigenvalue weighted by molar-refractivity contribution is 5.85. The Balaban J connectivity index is 1.28. The Morgan fingerprint density at radius 1 is 1.03 bits per heavy atom. The van der Waals surface area contributed by atoms with Crippen molar-refractivity contribution in [2.75, 3.05) is 19.7 Å². The summed E-state index contributed by atoms with van der Waals surface area (Å²) in [6.07, 6.45) is 4.88. The number of rotatable bonds is 6. The van der Waals surface area contributed by atoms with Crippen LogP contribution in [0.15, 0.2) is 54.6 Å². The van der Waals surface area contributed by atoms with Crippen LogP contribution in [0.4, 0.5) is 0 Å². The van der Waals surface area contributed by atoms with E-state index in [-0.39, 0.29) is 0 Å². The minimum Gasteiger partial charge on any atom is -0.377 e. The third-order valence-corrected chi connectivity index (χ3v) is 7.20. The van der Waals surface area contributed by atoms with E-state index in [1.807, 2.05) is 0 Å². The number of piperidine rings is 1. The number of nitrogens with zero attached hydrogens (tertiary/aromatic N) is 1. The van der Waals surface area contributed by atoms with Gasteiger partial charge in [-0.05, 0) is 48.3 Å². The van der Waals surface area contributed by atoms with Crippen molar-refractivity contribution >= 4 is 10.9 Å². The van der Waals surface area contributed by atoms with Gasteiger partial charge >= 0.3 is 0 Å². The van der Waals surface area contributed by atoms with Crippen LogP contribution in [0.2, 0.25) is 0 Å². The predicted octanol–water partition coefficient (Wildman–Crippen LogP) is 5.72. The second-order valence-corrected chi connectivity index (χ2v) is 8.81. The minimum atomic E-state index is 0.549. The van der Waals surface area contributed by atoms with Crippen LogP contribution in [0, 0.1) is 11.8 Å². The normalized spacial score (nSPS) is 24.4. The standard InChI is InChI=1S/C26H32N2O/c1-2-20-17-28-14-12-23-22-10-6-7-11-24(22)27-26(23)25(28)16-21(20)13-15-29-18-19-8-4-3-5-9-19/h3-11,20-21,25,27H,2,12-18H2,1H3/t20-,21+,25+/m1/s1. The number of hydrogen-bond donors (Lipinski definition) is 1. The molecular formula is C26H32N2O. The Morgan fingerprint density at radius 3 is 2.72 bits per heavy atom. The molecule has 0 saturated carbocycles. The lowest BCUT2D eigenvalue weighted by atomic mass is 9.76. The van der Waals surface area contributed by atoms with Crippen LogP contribution in [0.5, 0.6) is 0 Å². The first kappa shape index (κ1) is 18.9. The van der Waals surface area contributed by atoms with Gasteiger partial charge < -0.3 is 9.72 Å². The van der Waals surface area contributed by atoms with E-state index < -0.39 is 0 Å². The molecule has 1 aromatic heterocycles. The molecule has 152 valence electrons. The van der Waals surface area contributed by atoms with Crippen molar-refractivity contribution in [1.82, 2.24) is 9.88 Å². The molecule has 0 amide bonds. The summed E-state index contributed by atoms with van der Waals surface area (Å²) in [5, 5.41) is 1.43. The number of fused-ring (bicyclic) bond motifs is 5. The maximum absolute atomic E-state index is 6.05. The molecule has 3 aromatic rings. The minimum absolute atomic E-state index is 0.549. The van der Waals surface area contributed by atoms with Gasteiger partial charge in [0.1, 0.15) is 0 Å². The van der Waals surface area contributed by atoms with E-state index in [2.05, 4.69) is 71.4 Å². The zero-order chi connectivity index (χ0) is 19.6. The van der Waals surface area contributed by atoms with Crippen molar-refractivity contribution in [1.29, 1.82) is 0 Å². The van der Waals surface area contributed by atoms with Crippen LogP contribution in [-0.2, 0) is 17.8 Å². The van der Waals surface area contributed by atoms with Crippen LogP contribution < -0.4 is 0 Å². The zero-order valence-electron chi connectivity index (χ0n) is 17.4. The van der Waals surface area contributed by atoms with Crippen molar-refractivity contribution in [2.24, 2.45) is 11.8 Å². The van der Waals surface area contributed by atoms with Crippen LogP contribution in [0.1, 0.15) is 49.0 Å². The molecule has 1 N–H and O–H groups in total. The smallest absolute Gasteiger partial charge is 0.0716 e. The average molecular weight is 389 g/mol. The molecule has 1 saturated heterocycles. The Morgan fingerprint density at radius 2 is 1.86 bits per heavy atom. The summed E-state index contributed by atoms with van der Waals surface area (Å²) >= 11 is 0. The number of benzene rings is 2. The number of para-hydroxylation sites is 1. The highest BCUT2D eigenvalue weighted by Gasteiger charge is 2.39. The first-order chi connectivity index (χ1) is 14.3. The highest BCUT2D eigenvalue weighted by atomic mass is 16.5. The second kappa shape index (κ2) is 8.33. The van der Waals surface area contributed by atoms with Crippen molar-refractivity contribution in [2.45, 2.75) is 45.3 Å². The summed E-state index contributed by atoms with van der Waals surface area (Å²) in [6.45, 7) is 6.39. The molecule has 29 heavy (non-hydrogen) atoms. The molecule has 3 atom stereocenters. The number of H-pyrrole nitrogens is 1. The van der Waals surface area contributed by atoms with E-state index in [1.165, 1.54) is 60.9 Å². The van der Waals surface area contributed by atoms with Crippen molar-refractivity contribution in [3.8, 4) is 0 Å². The summed E-state index contributed by atoms with van der Waals surface area (Å²) in [5.41, 5.74) is 5.63. The summed E-state index contributed by atoms with van der Waals surface area (Å²) in [5.74, 6) is 1.53. The largest absolute Gasteiger partial charge is 0.377 e. The molecule has 0 radical (unpaired) electrons. The number of aromatic nitrogens is 1. The molecule has 3 heteroatoms. The summed E-state index contributed by atoms with van der Waals surface area (Å²) in [7, 11) is 0. The van der Waals surface area contributed by atoms with Gasteiger partial charge in [0, 0.05) is 36.3 Å². The molecule has 2 aliphatic heterocycles. The average Bonchev–Trinajstić information content (AvgIpc) is 3.16. The van der Waals surface area contributed by atoms with Crippen molar-refractivity contribution in [3.05, 3.63) is 71.4 Å². The van der Waals surface area contributed by atoms with Crippen LogP contribution in [-0.4, -0.2) is 29.6 Å². The predicted molar refractivity (Wildman–Crippen MR) is 119 cm³/mol. The summed E-state index contributed by atoms with van der Waals surface area (Å²) in [4.78, 5) is 6.53. The number of nitrogens with one attached hydrogen (secondary N) is 1. The van der Waals surface area contributed by atoms with Gasteiger partial charge in [-0.25, -0.2) is 0 Å². The van der Waals surface area contributed by atoms with Crippen LogP contribution >= 0.6 is 0 Å². The van der Waals surface area contributed by atoms with Gasteiger partial charge in [-0.15, -0.1) is 0 Å². The number of aromatic amines is 1. The van der Waals surface area contributed by atoms with Crippen molar-refractivity contribution in [3.63, 3.8) is 0 Å². The first-order valence-corrected chi connectivity index (χ1v) is 11.3. The van der Waals surface area contributed by atoms with Gasteiger partial charge in [0.25, 0.3) is 0 Å². The van der Waals surface area contributed by atoms with Crippen molar-refractivity contribution < 1.29 is 4.74 Å². The molecule has 3 heterocycles. The SMILES string of the molecule is CC[C@@H]1CN2CCc3c([nH]c4ccccc34)[C@@H]2C[C@@H]1CCOCc1ccccc1. The highest BCUT2D eigenvalue weighted by Crippen LogP contribution is 2.44. The zero-order valence-corrected chi connectivity index (χ0v) is 17.4. The molecule has 0 aliphatic carbocycles. The Kier molecular flexibility index (Phi) is 5.43. The summed E-state index contributed by atoms with van der Waals surface area (Å²) in [6, 6.07) is 19.9. The van der Waals surface area contributed by atoms with E-state index in [0.29, 0.717) is 6.04 Å². The first-order valence-electron chi connectivity index (χ1n) is 11.3. The van der Waals surface area contributed by atoms with E-state index in [4.69, 9.17) is 4.74 Å². The fourth-order valence-electron chi connectivity index (χ4n) is 5.60. The molecule has 0 unspecified atom stereocenters. The monoisotopic (exact) mass is 388 g/mol. The van der Waals surface area contributed by atoms with Gasteiger partial charge in [-0.2, -0.15) is 0 Å². The van der Waals surface area contributed by atoms with Gasteiger partial charge in [0.05, 0.1) is 12.6 Å². The van der Waals surface area contributed by atoms with E-state index >= 15 is 0 Å². The van der Waals surface area contributed by atoms with Gasteiger partial charge in [-0.3, -0.25) is 4.90 Å². The lowest BCUT2D eigenvalue weighted by molar-refractivity contribution is 0.0264. The Labute approximate surface area is 174 Å². The quantitative estimate of drug-likeness (QED) is 0.547.